The van der Waals surface area contributed by atoms with Crippen molar-refractivity contribution >= 4 is 11.8 Å². The van der Waals surface area contributed by atoms with Crippen LogP contribution >= 0.6 is 0 Å². The molecule has 0 unspecified atom stereocenters. The molecule has 0 atom stereocenters. The number of likely N-dealkylation sites (tertiary alicyclic amines) is 1. The summed E-state index contributed by atoms with van der Waals surface area (Å²) in [7, 11) is 1.60. The van der Waals surface area contributed by atoms with Gasteiger partial charge < -0.3 is 19.7 Å². The summed E-state index contributed by atoms with van der Waals surface area (Å²) in [6, 6.07) is 14.5. The Morgan fingerprint density at radius 2 is 1.59 bits per heavy atom. The number of nitrogens with one attached hydrogen (secondary N) is 1. The minimum atomic E-state index is -0.256. The zero-order valence-electron chi connectivity index (χ0n) is 16.9. The second-order valence-corrected chi connectivity index (χ2v) is 7.07. The maximum atomic E-state index is 12.7. The number of methoxy groups -OCH3 is 1. The average Bonchev–Trinajstić information content (AvgIpc) is 3.06. The number of benzene rings is 2. The van der Waals surface area contributed by atoms with Crippen LogP contribution in [-0.2, 0) is 11.3 Å². The summed E-state index contributed by atoms with van der Waals surface area (Å²) >= 11 is 0. The van der Waals surface area contributed by atoms with Crippen molar-refractivity contribution in [3.05, 3.63) is 59.7 Å². The Hall–Kier alpha value is -3.02. The normalized spacial score (nSPS) is 14.0. The summed E-state index contributed by atoms with van der Waals surface area (Å²) in [6.45, 7) is 1.84. The zero-order chi connectivity index (χ0) is 20.5. The number of para-hydroxylation sites is 2. The van der Waals surface area contributed by atoms with Crippen LogP contribution in [0.1, 0.15) is 41.6 Å². The first-order valence-corrected chi connectivity index (χ1v) is 10.1. The Balaban J connectivity index is 1.60. The number of nitrogens with zero attached hydrogens (tertiary/aromatic N) is 1. The number of carbonyl (C=O) groups is 2. The van der Waals surface area contributed by atoms with E-state index >= 15 is 0 Å². The molecule has 2 amide bonds. The van der Waals surface area contributed by atoms with Crippen LogP contribution in [0.15, 0.2) is 48.5 Å². The van der Waals surface area contributed by atoms with Gasteiger partial charge in [0, 0.05) is 25.2 Å². The number of ether oxygens (including phenoxy) is 2. The van der Waals surface area contributed by atoms with Crippen LogP contribution in [0.2, 0.25) is 0 Å². The minimum absolute atomic E-state index is 0.0314. The van der Waals surface area contributed by atoms with E-state index in [-0.39, 0.29) is 18.4 Å². The molecule has 0 bridgehead atoms. The predicted octanol–water partition coefficient (Wildman–Crippen LogP) is 3.41. The highest BCUT2D eigenvalue weighted by atomic mass is 16.5. The second-order valence-electron chi connectivity index (χ2n) is 7.07. The fraction of sp³-hybridized carbons (Fsp3) is 0.391. The lowest BCUT2D eigenvalue weighted by atomic mass is 10.1. The summed E-state index contributed by atoms with van der Waals surface area (Å²) in [5, 5.41) is 2.90. The van der Waals surface area contributed by atoms with Gasteiger partial charge >= 0.3 is 0 Å². The molecular formula is C23H28N2O4. The SMILES string of the molecule is COc1ccccc1CNC(=O)c1ccccc1OCC(=O)N1CCCCCC1. The summed E-state index contributed by atoms with van der Waals surface area (Å²) < 4.78 is 11.1. The lowest BCUT2D eigenvalue weighted by molar-refractivity contribution is -0.133. The molecule has 2 aromatic rings. The fourth-order valence-electron chi connectivity index (χ4n) is 3.45. The maximum absolute atomic E-state index is 12.7. The first-order valence-electron chi connectivity index (χ1n) is 10.1. The van der Waals surface area contributed by atoms with Crippen LogP contribution in [0, 0.1) is 0 Å². The third-order valence-corrected chi connectivity index (χ3v) is 5.07. The van der Waals surface area contributed by atoms with E-state index in [2.05, 4.69) is 5.32 Å². The Labute approximate surface area is 171 Å². The molecule has 6 nitrogen and oxygen atoms in total. The third kappa shape index (κ3) is 5.73. The van der Waals surface area contributed by atoms with E-state index in [1.807, 2.05) is 29.2 Å². The largest absolute Gasteiger partial charge is 0.496 e. The summed E-state index contributed by atoms with van der Waals surface area (Å²) in [4.78, 5) is 27.0. The summed E-state index contributed by atoms with van der Waals surface area (Å²) in [5.41, 5.74) is 1.30. The van der Waals surface area contributed by atoms with Crippen LogP contribution in [-0.4, -0.2) is 43.5 Å². The standard InChI is InChI=1S/C23H28N2O4/c1-28-20-12-6-4-10-18(20)16-24-23(27)19-11-5-7-13-21(19)29-17-22(26)25-14-8-2-3-9-15-25/h4-7,10-13H,2-3,8-9,14-17H2,1H3,(H,24,27). The van der Waals surface area contributed by atoms with Gasteiger partial charge in [-0.3, -0.25) is 9.59 Å². The van der Waals surface area contributed by atoms with Gasteiger partial charge in [-0.1, -0.05) is 43.2 Å². The van der Waals surface area contributed by atoms with Gasteiger partial charge in [0.25, 0.3) is 11.8 Å². The molecule has 0 saturated carbocycles. The molecule has 1 aliphatic heterocycles. The molecule has 0 spiro atoms. The number of carbonyl (C=O) groups excluding carboxylic acids is 2. The first kappa shape index (κ1) is 20.7. The Morgan fingerprint density at radius 3 is 2.31 bits per heavy atom. The van der Waals surface area contributed by atoms with Crippen molar-refractivity contribution in [3.63, 3.8) is 0 Å². The van der Waals surface area contributed by atoms with Gasteiger partial charge in [0.2, 0.25) is 0 Å². The average molecular weight is 396 g/mol. The minimum Gasteiger partial charge on any atom is -0.496 e. The van der Waals surface area contributed by atoms with E-state index in [1.54, 1.807) is 31.4 Å². The molecule has 0 aliphatic carbocycles. The molecule has 6 heteroatoms. The molecular weight excluding hydrogens is 368 g/mol. The molecule has 2 aromatic carbocycles. The van der Waals surface area contributed by atoms with Gasteiger partial charge in [-0.15, -0.1) is 0 Å². The van der Waals surface area contributed by atoms with Gasteiger partial charge in [-0.2, -0.15) is 0 Å². The quantitative estimate of drug-likeness (QED) is 0.779. The fourth-order valence-corrected chi connectivity index (χ4v) is 3.45. The predicted molar refractivity (Wildman–Crippen MR) is 111 cm³/mol. The molecule has 1 N–H and O–H groups in total. The van der Waals surface area contributed by atoms with Gasteiger partial charge in [0.05, 0.1) is 12.7 Å². The summed E-state index contributed by atoms with van der Waals surface area (Å²) in [5.74, 6) is 0.846. The highest BCUT2D eigenvalue weighted by Gasteiger charge is 2.18. The maximum Gasteiger partial charge on any atom is 0.260 e. The van der Waals surface area contributed by atoms with Crippen LogP contribution in [0.5, 0.6) is 11.5 Å². The van der Waals surface area contributed by atoms with Crippen LogP contribution in [0.25, 0.3) is 0 Å². The van der Waals surface area contributed by atoms with E-state index in [0.717, 1.165) is 37.2 Å². The van der Waals surface area contributed by atoms with Crippen molar-refractivity contribution in [1.82, 2.24) is 10.2 Å². The second kappa shape index (κ2) is 10.5. The summed E-state index contributed by atoms with van der Waals surface area (Å²) in [6.07, 6.45) is 4.40. The molecule has 1 aliphatic rings. The van der Waals surface area contributed by atoms with Crippen LogP contribution < -0.4 is 14.8 Å². The van der Waals surface area contributed by atoms with Crippen molar-refractivity contribution in [2.75, 3.05) is 26.8 Å². The molecule has 154 valence electrons. The number of hydrogen-bond donors (Lipinski definition) is 1. The van der Waals surface area contributed by atoms with Gasteiger partial charge in [0.1, 0.15) is 11.5 Å². The van der Waals surface area contributed by atoms with E-state index in [9.17, 15) is 9.59 Å². The van der Waals surface area contributed by atoms with Gasteiger partial charge in [-0.05, 0) is 31.0 Å². The number of hydrogen-bond acceptors (Lipinski definition) is 4. The van der Waals surface area contributed by atoms with Crippen molar-refractivity contribution in [3.8, 4) is 11.5 Å². The third-order valence-electron chi connectivity index (χ3n) is 5.07. The van der Waals surface area contributed by atoms with E-state index < -0.39 is 0 Å². The Morgan fingerprint density at radius 1 is 0.931 bits per heavy atom. The van der Waals surface area contributed by atoms with Crippen molar-refractivity contribution in [2.45, 2.75) is 32.2 Å². The van der Waals surface area contributed by atoms with Crippen molar-refractivity contribution in [2.24, 2.45) is 0 Å². The topological polar surface area (TPSA) is 67.9 Å². The highest BCUT2D eigenvalue weighted by Crippen LogP contribution is 2.20. The van der Waals surface area contributed by atoms with E-state index in [4.69, 9.17) is 9.47 Å². The molecule has 1 heterocycles. The Bertz CT molecular complexity index is 829. The molecule has 0 aromatic heterocycles. The van der Waals surface area contributed by atoms with Crippen LogP contribution in [0.4, 0.5) is 0 Å². The highest BCUT2D eigenvalue weighted by molar-refractivity contribution is 5.97. The molecule has 29 heavy (non-hydrogen) atoms. The van der Waals surface area contributed by atoms with Crippen LogP contribution in [0.3, 0.4) is 0 Å². The van der Waals surface area contributed by atoms with Gasteiger partial charge in [-0.25, -0.2) is 0 Å². The van der Waals surface area contributed by atoms with Gasteiger partial charge in [0.15, 0.2) is 6.61 Å². The first-order chi connectivity index (χ1) is 14.2. The zero-order valence-corrected chi connectivity index (χ0v) is 16.9. The number of rotatable bonds is 7. The smallest absolute Gasteiger partial charge is 0.260 e. The van der Waals surface area contributed by atoms with E-state index in [0.29, 0.717) is 17.9 Å². The Kier molecular flexibility index (Phi) is 7.50. The number of amides is 2. The van der Waals surface area contributed by atoms with E-state index in [1.165, 1.54) is 12.8 Å². The molecule has 1 saturated heterocycles. The van der Waals surface area contributed by atoms with Crippen molar-refractivity contribution in [1.29, 1.82) is 0 Å². The lowest BCUT2D eigenvalue weighted by Gasteiger charge is -2.20. The molecule has 3 rings (SSSR count). The molecule has 0 radical (unpaired) electrons. The lowest BCUT2D eigenvalue weighted by Crippen LogP contribution is -2.35. The molecule has 1 fully saturated rings. The monoisotopic (exact) mass is 396 g/mol. The van der Waals surface area contributed by atoms with Crippen molar-refractivity contribution < 1.29 is 19.1 Å².